The zero-order valence-corrected chi connectivity index (χ0v) is 15.3. The first kappa shape index (κ1) is 16.4. The maximum Gasteiger partial charge on any atom is 0.199 e. The average molecular weight is 369 g/mol. The highest BCUT2D eigenvalue weighted by Gasteiger charge is 2.15. The Morgan fingerprint density at radius 2 is 2.22 bits per heavy atom. The first-order chi connectivity index (χ1) is 11.1. The van der Waals surface area contributed by atoms with Gasteiger partial charge in [-0.3, -0.25) is 9.47 Å². The van der Waals surface area contributed by atoms with Crippen molar-refractivity contribution in [3.63, 3.8) is 0 Å². The quantitative estimate of drug-likeness (QED) is 0.600. The van der Waals surface area contributed by atoms with Crippen LogP contribution in [0.4, 0.5) is 0 Å². The molecule has 0 aromatic carbocycles. The SMILES string of the molecule is CCn1c(-c2ccco2)nn(CN(C)Cc2ccc(Cl)s2)c1=S. The predicted molar refractivity (Wildman–Crippen MR) is 95.2 cm³/mol. The summed E-state index contributed by atoms with van der Waals surface area (Å²) in [6.45, 7) is 4.20. The average Bonchev–Trinajstić information content (AvgIpc) is 3.22. The van der Waals surface area contributed by atoms with Crippen molar-refractivity contribution in [3.05, 3.63) is 44.5 Å². The summed E-state index contributed by atoms with van der Waals surface area (Å²) < 4.78 is 10.8. The van der Waals surface area contributed by atoms with Gasteiger partial charge in [0.25, 0.3) is 0 Å². The molecular weight excluding hydrogens is 352 g/mol. The Balaban J connectivity index is 1.81. The van der Waals surface area contributed by atoms with Crippen molar-refractivity contribution < 1.29 is 4.42 Å². The van der Waals surface area contributed by atoms with Gasteiger partial charge in [-0.2, -0.15) is 0 Å². The molecule has 0 radical (unpaired) electrons. The molecule has 0 amide bonds. The summed E-state index contributed by atoms with van der Waals surface area (Å²) >= 11 is 13.1. The van der Waals surface area contributed by atoms with Gasteiger partial charge in [0.1, 0.15) is 0 Å². The van der Waals surface area contributed by atoms with Crippen LogP contribution in [-0.2, 0) is 19.8 Å². The molecular formula is C15H17ClN4OS2. The summed E-state index contributed by atoms with van der Waals surface area (Å²) in [6, 6.07) is 7.71. The number of nitrogens with zero attached hydrogens (tertiary/aromatic N) is 4. The van der Waals surface area contributed by atoms with E-state index in [0.717, 1.165) is 29.0 Å². The molecule has 0 saturated heterocycles. The summed E-state index contributed by atoms with van der Waals surface area (Å²) in [5.74, 6) is 1.49. The van der Waals surface area contributed by atoms with Crippen LogP contribution < -0.4 is 0 Å². The van der Waals surface area contributed by atoms with Crippen molar-refractivity contribution in [2.45, 2.75) is 26.7 Å². The van der Waals surface area contributed by atoms with Gasteiger partial charge in [0.05, 0.1) is 17.3 Å². The number of hydrogen-bond donors (Lipinski definition) is 0. The molecule has 0 atom stereocenters. The zero-order chi connectivity index (χ0) is 16.4. The van der Waals surface area contributed by atoms with Gasteiger partial charge in [-0.05, 0) is 50.5 Å². The number of aromatic nitrogens is 3. The lowest BCUT2D eigenvalue weighted by Crippen LogP contribution is -2.22. The second-order valence-electron chi connectivity index (χ2n) is 5.19. The molecule has 0 unspecified atom stereocenters. The van der Waals surface area contributed by atoms with Gasteiger partial charge >= 0.3 is 0 Å². The van der Waals surface area contributed by atoms with E-state index >= 15 is 0 Å². The highest BCUT2D eigenvalue weighted by molar-refractivity contribution is 7.71. The minimum Gasteiger partial charge on any atom is -0.461 e. The molecule has 3 aromatic rings. The largest absolute Gasteiger partial charge is 0.461 e. The van der Waals surface area contributed by atoms with Gasteiger partial charge in [0.2, 0.25) is 0 Å². The molecule has 0 saturated carbocycles. The highest BCUT2D eigenvalue weighted by atomic mass is 35.5. The van der Waals surface area contributed by atoms with E-state index in [1.165, 1.54) is 4.88 Å². The Bertz CT molecular complexity index is 834. The van der Waals surface area contributed by atoms with E-state index < -0.39 is 0 Å². The molecule has 5 nitrogen and oxygen atoms in total. The second-order valence-corrected chi connectivity index (χ2v) is 7.35. The molecule has 0 fully saturated rings. The monoisotopic (exact) mass is 368 g/mol. The van der Waals surface area contributed by atoms with Gasteiger partial charge in [-0.1, -0.05) is 11.6 Å². The smallest absolute Gasteiger partial charge is 0.199 e. The van der Waals surface area contributed by atoms with E-state index in [-0.39, 0.29) is 0 Å². The lowest BCUT2D eigenvalue weighted by atomic mass is 10.4. The minimum absolute atomic E-state index is 0.606. The van der Waals surface area contributed by atoms with E-state index in [0.29, 0.717) is 11.4 Å². The Hall–Kier alpha value is -1.41. The van der Waals surface area contributed by atoms with Gasteiger partial charge in [-0.25, -0.2) is 4.68 Å². The molecule has 3 aromatic heterocycles. The fourth-order valence-electron chi connectivity index (χ4n) is 2.39. The highest BCUT2D eigenvalue weighted by Crippen LogP contribution is 2.23. The van der Waals surface area contributed by atoms with Crippen LogP contribution in [0.25, 0.3) is 11.6 Å². The van der Waals surface area contributed by atoms with Crippen LogP contribution in [0.3, 0.4) is 0 Å². The molecule has 0 aliphatic rings. The van der Waals surface area contributed by atoms with Crippen LogP contribution in [0, 0.1) is 4.77 Å². The van der Waals surface area contributed by atoms with Crippen molar-refractivity contribution in [2.24, 2.45) is 0 Å². The normalized spacial score (nSPS) is 11.5. The fraction of sp³-hybridized carbons (Fsp3) is 0.333. The van der Waals surface area contributed by atoms with Crippen molar-refractivity contribution in [1.29, 1.82) is 0 Å². The van der Waals surface area contributed by atoms with E-state index in [1.54, 1.807) is 17.6 Å². The summed E-state index contributed by atoms with van der Waals surface area (Å²) in [7, 11) is 2.03. The zero-order valence-electron chi connectivity index (χ0n) is 12.9. The number of halogens is 1. The maximum atomic E-state index is 5.98. The lowest BCUT2D eigenvalue weighted by molar-refractivity contribution is 0.246. The third-order valence-corrected chi connectivity index (χ3v) is 5.06. The second kappa shape index (κ2) is 7.00. The molecule has 0 bridgehead atoms. The number of rotatable bonds is 6. The van der Waals surface area contributed by atoms with Crippen LogP contribution in [0.2, 0.25) is 4.34 Å². The predicted octanol–water partition coefficient (Wildman–Crippen LogP) is 4.50. The summed E-state index contributed by atoms with van der Waals surface area (Å²) in [5, 5.41) is 4.63. The number of hydrogen-bond acceptors (Lipinski definition) is 5. The maximum absolute atomic E-state index is 5.98. The van der Waals surface area contributed by atoms with Crippen LogP contribution in [0.5, 0.6) is 0 Å². The Labute approximate surface area is 148 Å². The van der Waals surface area contributed by atoms with Crippen LogP contribution in [0.15, 0.2) is 34.9 Å². The number of furan rings is 1. The van der Waals surface area contributed by atoms with Crippen LogP contribution >= 0.6 is 35.2 Å². The van der Waals surface area contributed by atoms with Gasteiger partial charge in [0.15, 0.2) is 16.4 Å². The van der Waals surface area contributed by atoms with Crippen molar-refractivity contribution in [3.8, 4) is 11.6 Å². The van der Waals surface area contributed by atoms with Crippen molar-refractivity contribution >= 4 is 35.2 Å². The van der Waals surface area contributed by atoms with E-state index in [9.17, 15) is 0 Å². The topological polar surface area (TPSA) is 39.1 Å². The fourth-order valence-corrected chi connectivity index (χ4v) is 3.87. The summed E-state index contributed by atoms with van der Waals surface area (Å²) in [4.78, 5) is 3.36. The van der Waals surface area contributed by atoms with Crippen LogP contribution in [0.1, 0.15) is 11.8 Å². The first-order valence-corrected chi connectivity index (χ1v) is 8.83. The molecule has 23 heavy (non-hydrogen) atoms. The molecule has 3 heterocycles. The van der Waals surface area contributed by atoms with Gasteiger partial charge in [0, 0.05) is 18.0 Å². The van der Waals surface area contributed by atoms with E-state index in [1.807, 2.05) is 47.5 Å². The van der Waals surface area contributed by atoms with E-state index in [4.69, 9.17) is 28.2 Å². The van der Waals surface area contributed by atoms with Gasteiger partial charge in [-0.15, -0.1) is 16.4 Å². The first-order valence-electron chi connectivity index (χ1n) is 7.22. The number of thiophene rings is 1. The van der Waals surface area contributed by atoms with Crippen molar-refractivity contribution in [1.82, 2.24) is 19.2 Å². The van der Waals surface area contributed by atoms with E-state index in [2.05, 4.69) is 10.00 Å². The third kappa shape index (κ3) is 3.58. The summed E-state index contributed by atoms with van der Waals surface area (Å²) in [5.41, 5.74) is 0. The molecule has 122 valence electrons. The minimum atomic E-state index is 0.606. The molecule has 3 rings (SSSR count). The molecule has 0 aliphatic carbocycles. The summed E-state index contributed by atoms with van der Waals surface area (Å²) in [6.07, 6.45) is 1.64. The van der Waals surface area contributed by atoms with Gasteiger partial charge < -0.3 is 4.42 Å². The lowest BCUT2D eigenvalue weighted by Gasteiger charge is -2.15. The third-order valence-electron chi connectivity index (χ3n) is 3.41. The Morgan fingerprint density at radius 3 is 2.83 bits per heavy atom. The Morgan fingerprint density at radius 1 is 1.39 bits per heavy atom. The van der Waals surface area contributed by atoms with Crippen LogP contribution in [-0.4, -0.2) is 26.3 Å². The molecule has 8 heteroatoms. The Kier molecular flexibility index (Phi) is 5.01. The van der Waals surface area contributed by atoms with Crippen molar-refractivity contribution in [2.75, 3.05) is 7.05 Å². The standard InChI is InChI=1S/C15H17ClN4OS2/c1-3-19-14(12-5-4-8-21-12)17-20(15(19)22)10-18(2)9-11-6-7-13(16)23-11/h4-8H,3,9-10H2,1-2H3. The molecule has 0 spiro atoms. The molecule has 0 aliphatic heterocycles. The molecule has 0 N–H and O–H groups in total.